The van der Waals surface area contributed by atoms with Gasteiger partial charge in [-0.15, -0.1) is 5.10 Å². The summed E-state index contributed by atoms with van der Waals surface area (Å²) in [6.07, 6.45) is 8.47. The molecule has 1 saturated carbocycles. The fraction of sp³-hybridized carbons (Fsp3) is 0.667. The van der Waals surface area contributed by atoms with Gasteiger partial charge in [-0.05, 0) is 40.3 Å². The van der Waals surface area contributed by atoms with E-state index in [1.54, 1.807) is 0 Å². The highest BCUT2D eigenvalue weighted by atomic mass is 15.6. The van der Waals surface area contributed by atoms with E-state index in [2.05, 4.69) is 63.6 Å². The third-order valence-electron chi connectivity index (χ3n) is 5.99. The topological polar surface area (TPSA) is 81.7 Å². The molecule has 1 atom stereocenters. The zero-order valence-corrected chi connectivity index (χ0v) is 16.8. The summed E-state index contributed by atoms with van der Waals surface area (Å²) in [6.45, 7) is 5.88. The molecule has 1 aliphatic rings. The molecule has 0 spiro atoms. The molecule has 6 heteroatoms. The van der Waals surface area contributed by atoms with Crippen LogP contribution in [0.2, 0.25) is 0 Å². The van der Waals surface area contributed by atoms with Crippen LogP contribution in [0.3, 0.4) is 0 Å². The van der Waals surface area contributed by atoms with Crippen LogP contribution in [0.4, 0.5) is 0 Å². The Morgan fingerprint density at radius 2 is 1.89 bits per heavy atom. The lowest BCUT2D eigenvalue weighted by molar-refractivity contribution is 0.273. The van der Waals surface area contributed by atoms with Crippen molar-refractivity contribution in [2.24, 2.45) is 11.7 Å². The van der Waals surface area contributed by atoms with E-state index in [0.717, 1.165) is 25.2 Å². The Bertz CT molecular complexity index is 687. The molecule has 1 heterocycles. The van der Waals surface area contributed by atoms with Crippen LogP contribution in [-0.4, -0.2) is 20.2 Å². The molecule has 0 radical (unpaired) electrons. The molecule has 148 valence electrons. The van der Waals surface area contributed by atoms with Gasteiger partial charge in [-0.2, -0.15) is 0 Å². The Morgan fingerprint density at radius 1 is 1.15 bits per heavy atom. The monoisotopic (exact) mass is 370 g/mol. The molecule has 3 rings (SSSR count). The lowest BCUT2D eigenvalue weighted by atomic mass is 9.91. The van der Waals surface area contributed by atoms with Crippen LogP contribution in [0, 0.1) is 5.92 Å². The second-order valence-corrected chi connectivity index (χ2v) is 7.73. The minimum absolute atomic E-state index is 0.165. The van der Waals surface area contributed by atoms with Crippen molar-refractivity contribution in [3.8, 4) is 0 Å². The molecular formula is C21H34N6. The molecule has 6 nitrogen and oxygen atoms in total. The van der Waals surface area contributed by atoms with Crippen molar-refractivity contribution in [1.29, 1.82) is 0 Å². The molecule has 1 aromatic carbocycles. The first-order valence-electron chi connectivity index (χ1n) is 10.6. The van der Waals surface area contributed by atoms with Crippen molar-refractivity contribution >= 4 is 0 Å². The second-order valence-electron chi connectivity index (χ2n) is 7.73. The van der Waals surface area contributed by atoms with Gasteiger partial charge in [-0.1, -0.05) is 70.2 Å². The minimum atomic E-state index is 0.165. The van der Waals surface area contributed by atoms with Crippen molar-refractivity contribution in [3.05, 3.63) is 41.2 Å². The quantitative estimate of drug-likeness (QED) is 0.699. The van der Waals surface area contributed by atoms with Crippen LogP contribution >= 0.6 is 0 Å². The number of hydrogen-bond donors (Lipinski definition) is 2. The maximum atomic E-state index is 5.80. The summed E-state index contributed by atoms with van der Waals surface area (Å²) in [5.74, 6) is 1.52. The average Bonchev–Trinajstić information content (AvgIpc) is 3.21. The summed E-state index contributed by atoms with van der Waals surface area (Å²) >= 11 is 0. The minimum Gasteiger partial charge on any atom is -0.326 e. The maximum absolute atomic E-state index is 5.80. The van der Waals surface area contributed by atoms with E-state index >= 15 is 0 Å². The molecule has 0 aliphatic heterocycles. The summed E-state index contributed by atoms with van der Waals surface area (Å²) < 4.78 is 2.12. The lowest BCUT2D eigenvalue weighted by Gasteiger charge is -2.29. The Balaban J connectivity index is 1.80. The molecule has 0 saturated heterocycles. The number of aromatic nitrogens is 4. The normalized spacial score (nSPS) is 16.7. The van der Waals surface area contributed by atoms with E-state index in [4.69, 9.17) is 5.73 Å². The highest BCUT2D eigenvalue weighted by Gasteiger charge is 2.29. The first-order valence-corrected chi connectivity index (χ1v) is 10.6. The predicted molar refractivity (Wildman–Crippen MR) is 108 cm³/mol. The van der Waals surface area contributed by atoms with Gasteiger partial charge in [0.2, 0.25) is 0 Å². The third-order valence-corrected chi connectivity index (χ3v) is 5.99. The SMILES string of the molecule is CCC(CC)C(NCc1cccc(CN)c1)c1nnnn1C1CCCCC1. The number of nitrogens with two attached hydrogens (primary N) is 1. The van der Waals surface area contributed by atoms with Crippen molar-refractivity contribution in [3.63, 3.8) is 0 Å². The van der Waals surface area contributed by atoms with Gasteiger partial charge in [0, 0.05) is 13.1 Å². The van der Waals surface area contributed by atoms with Gasteiger partial charge in [-0.3, -0.25) is 0 Å². The fourth-order valence-electron chi connectivity index (χ4n) is 4.31. The summed E-state index contributed by atoms with van der Waals surface area (Å²) in [5, 5.41) is 16.7. The number of nitrogens with one attached hydrogen (secondary N) is 1. The van der Waals surface area contributed by atoms with E-state index in [1.165, 1.54) is 43.2 Å². The zero-order chi connectivity index (χ0) is 19.1. The Hall–Kier alpha value is -1.79. The molecule has 1 fully saturated rings. The Morgan fingerprint density at radius 3 is 2.59 bits per heavy atom. The molecule has 3 N–H and O–H groups in total. The molecule has 1 aliphatic carbocycles. The number of tetrazole rings is 1. The van der Waals surface area contributed by atoms with Gasteiger partial charge in [0.05, 0.1) is 12.1 Å². The smallest absolute Gasteiger partial charge is 0.168 e. The van der Waals surface area contributed by atoms with Gasteiger partial charge in [-0.25, -0.2) is 4.68 Å². The van der Waals surface area contributed by atoms with Crippen LogP contribution in [0.1, 0.15) is 87.8 Å². The van der Waals surface area contributed by atoms with Crippen molar-refractivity contribution in [2.45, 2.75) is 84.0 Å². The van der Waals surface area contributed by atoms with E-state index in [1.807, 2.05) is 0 Å². The molecule has 1 unspecified atom stereocenters. The van der Waals surface area contributed by atoms with E-state index < -0.39 is 0 Å². The van der Waals surface area contributed by atoms with Gasteiger partial charge in [0.15, 0.2) is 5.82 Å². The number of hydrogen-bond acceptors (Lipinski definition) is 5. The predicted octanol–water partition coefficient (Wildman–Crippen LogP) is 3.90. The molecule has 0 amide bonds. The van der Waals surface area contributed by atoms with E-state index in [9.17, 15) is 0 Å². The number of rotatable bonds is 9. The summed E-state index contributed by atoms with van der Waals surface area (Å²) in [6, 6.07) is 9.10. The Kier molecular flexibility index (Phi) is 7.35. The van der Waals surface area contributed by atoms with E-state index in [0.29, 0.717) is 18.5 Å². The Labute approximate surface area is 162 Å². The number of benzene rings is 1. The van der Waals surface area contributed by atoms with Gasteiger partial charge in [0.1, 0.15) is 0 Å². The van der Waals surface area contributed by atoms with Crippen LogP contribution in [0.5, 0.6) is 0 Å². The van der Waals surface area contributed by atoms with Crippen molar-refractivity contribution in [2.75, 3.05) is 0 Å². The van der Waals surface area contributed by atoms with Crippen LogP contribution in [0.15, 0.2) is 24.3 Å². The standard InChI is InChI=1S/C21H34N6/c1-3-18(4-2)20(23-15-17-10-8-9-16(13-17)14-22)21-24-25-26-27(21)19-11-6-5-7-12-19/h8-10,13,18-20,23H,3-7,11-12,14-15,22H2,1-2H3. The molecular weight excluding hydrogens is 336 g/mol. The maximum Gasteiger partial charge on any atom is 0.168 e. The molecule has 0 bridgehead atoms. The number of nitrogens with zero attached hydrogens (tertiary/aromatic N) is 4. The molecule has 2 aromatic rings. The zero-order valence-electron chi connectivity index (χ0n) is 16.8. The lowest BCUT2D eigenvalue weighted by Crippen LogP contribution is -2.32. The second kappa shape index (κ2) is 9.95. The van der Waals surface area contributed by atoms with Gasteiger partial charge in [0.25, 0.3) is 0 Å². The first-order chi connectivity index (χ1) is 13.3. The summed E-state index contributed by atoms with van der Waals surface area (Å²) in [4.78, 5) is 0. The van der Waals surface area contributed by atoms with Gasteiger partial charge >= 0.3 is 0 Å². The highest BCUT2D eigenvalue weighted by Crippen LogP contribution is 2.32. The largest absolute Gasteiger partial charge is 0.326 e. The van der Waals surface area contributed by atoms with E-state index in [-0.39, 0.29) is 6.04 Å². The summed E-state index contributed by atoms with van der Waals surface area (Å²) in [7, 11) is 0. The highest BCUT2D eigenvalue weighted by molar-refractivity contribution is 5.23. The molecule has 27 heavy (non-hydrogen) atoms. The average molecular weight is 371 g/mol. The van der Waals surface area contributed by atoms with Crippen molar-refractivity contribution < 1.29 is 0 Å². The van der Waals surface area contributed by atoms with Crippen LogP contribution in [-0.2, 0) is 13.1 Å². The van der Waals surface area contributed by atoms with Crippen molar-refractivity contribution in [1.82, 2.24) is 25.5 Å². The van der Waals surface area contributed by atoms with Crippen LogP contribution < -0.4 is 11.1 Å². The van der Waals surface area contributed by atoms with Crippen LogP contribution in [0.25, 0.3) is 0 Å². The molecule has 1 aromatic heterocycles. The fourth-order valence-corrected chi connectivity index (χ4v) is 4.31. The third kappa shape index (κ3) is 4.93. The first kappa shape index (κ1) is 20.0. The van der Waals surface area contributed by atoms with Gasteiger partial charge < -0.3 is 11.1 Å². The summed E-state index contributed by atoms with van der Waals surface area (Å²) in [5.41, 5.74) is 8.22.